The van der Waals surface area contributed by atoms with Crippen LogP contribution < -0.4 is 5.32 Å². The number of carboxylic acids is 1. The maximum atomic E-state index is 11.2. The number of carbonyl (C=O) groups is 1. The fourth-order valence-corrected chi connectivity index (χ4v) is 2.76. The van der Waals surface area contributed by atoms with Crippen molar-refractivity contribution in [2.24, 2.45) is 0 Å². The zero-order valence-electron chi connectivity index (χ0n) is 9.97. The van der Waals surface area contributed by atoms with E-state index in [1.54, 1.807) is 0 Å². The monoisotopic (exact) mass is 241 g/mol. The molecule has 2 N–H and O–H groups in total. The molecule has 3 rings (SSSR count). The van der Waals surface area contributed by atoms with E-state index in [1.807, 2.05) is 12.1 Å². The van der Waals surface area contributed by atoms with Gasteiger partial charge in [0, 0.05) is 5.92 Å². The lowest BCUT2D eigenvalue weighted by molar-refractivity contribution is -0.139. The molecule has 0 spiro atoms. The van der Waals surface area contributed by atoms with Gasteiger partial charge in [-0.2, -0.15) is 0 Å². The van der Waals surface area contributed by atoms with Crippen molar-refractivity contribution in [3.05, 3.63) is 48.0 Å². The molecule has 1 aliphatic heterocycles. The molecule has 0 radical (unpaired) electrons. The number of nitrogens with one attached hydrogen (secondary N) is 1. The number of rotatable bonds is 2. The summed E-state index contributed by atoms with van der Waals surface area (Å²) in [7, 11) is 0. The van der Waals surface area contributed by atoms with Gasteiger partial charge in [0.15, 0.2) is 0 Å². The molecular weight excluding hydrogens is 226 g/mol. The largest absolute Gasteiger partial charge is 0.480 e. The number of hydrogen-bond donors (Lipinski definition) is 2. The number of fused-ring (bicyclic) bond motifs is 1. The SMILES string of the molecule is O=C(O)C1NCCC1c1ccc2ccccc2c1. The molecule has 2 aromatic carbocycles. The van der Waals surface area contributed by atoms with Crippen LogP contribution in [0, 0.1) is 0 Å². The second-order valence-corrected chi connectivity index (χ2v) is 4.77. The smallest absolute Gasteiger partial charge is 0.321 e. The zero-order valence-corrected chi connectivity index (χ0v) is 9.97. The lowest BCUT2D eigenvalue weighted by Crippen LogP contribution is -2.34. The van der Waals surface area contributed by atoms with Gasteiger partial charge in [0.1, 0.15) is 6.04 Å². The van der Waals surface area contributed by atoms with Crippen LogP contribution in [0.4, 0.5) is 0 Å². The van der Waals surface area contributed by atoms with Crippen LogP contribution in [-0.2, 0) is 4.79 Å². The Balaban J connectivity index is 2.01. The van der Waals surface area contributed by atoms with Crippen molar-refractivity contribution < 1.29 is 9.90 Å². The summed E-state index contributed by atoms with van der Waals surface area (Å²) in [4.78, 5) is 11.2. The maximum absolute atomic E-state index is 11.2. The van der Waals surface area contributed by atoms with Crippen LogP contribution in [0.1, 0.15) is 17.9 Å². The van der Waals surface area contributed by atoms with Crippen LogP contribution in [0.3, 0.4) is 0 Å². The number of aliphatic carboxylic acids is 1. The van der Waals surface area contributed by atoms with Gasteiger partial charge in [0.2, 0.25) is 0 Å². The minimum absolute atomic E-state index is 0.0760. The average molecular weight is 241 g/mol. The van der Waals surface area contributed by atoms with Crippen LogP contribution in [0.15, 0.2) is 42.5 Å². The Morgan fingerprint density at radius 1 is 1.17 bits per heavy atom. The summed E-state index contributed by atoms with van der Waals surface area (Å²) in [6.45, 7) is 0.772. The van der Waals surface area contributed by atoms with Gasteiger partial charge >= 0.3 is 5.97 Å². The Morgan fingerprint density at radius 3 is 2.72 bits per heavy atom. The van der Waals surface area contributed by atoms with Crippen molar-refractivity contribution in [3.8, 4) is 0 Å². The van der Waals surface area contributed by atoms with Crippen molar-refractivity contribution in [2.75, 3.05) is 6.54 Å². The summed E-state index contributed by atoms with van der Waals surface area (Å²) >= 11 is 0. The topological polar surface area (TPSA) is 49.3 Å². The van der Waals surface area contributed by atoms with Gasteiger partial charge in [-0.15, -0.1) is 0 Å². The standard InChI is InChI=1S/C15H15NO2/c17-15(18)14-13(7-8-16-14)12-6-5-10-3-1-2-4-11(10)9-12/h1-6,9,13-14,16H,7-8H2,(H,17,18). The molecule has 1 heterocycles. The van der Waals surface area contributed by atoms with Crippen molar-refractivity contribution in [3.63, 3.8) is 0 Å². The summed E-state index contributed by atoms with van der Waals surface area (Å²) in [6, 6.07) is 13.9. The van der Waals surface area contributed by atoms with E-state index >= 15 is 0 Å². The third kappa shape index (κ3) is 1.87. The highest BCUT2D eigenvalue weighted by atomic mass is 16.4. The molecule has 92 valence electrons. The van der Waals surface area contributed by atoms with Crippen LogP contribution >= 0.6 is 0 Å². The van der Waals surface area contributed by atoms with E-state index in [2.05, 4.69) is 35.6 Å². The van der Waals surface area contributed by atoms with Crippen LogP contribution in [0.5, 0.6) is 0 Å². The molecule has 2 unspecified atom stereocenters. The summed E-state index contributed by atoms with van der Waals surface area (Å²) in [5.41, 5.74) is 1.12. The van der Waals surface area contributed by atoms with Gasteiger partial charge in [0.05, 0.1) is 0 Å². The highest BCUT2D eigenvalue weighted by Gasteiger charge is 2.33. The number of benzene rings is 2. The summed E-state index contributed by atoms with van der Waals surface area (Å²) in [5, 5.41) is 14.6. The van der Waals surface area contributed by atoms with E-state index in [0.717, 1.165) is 18.5 Å². The third-order valence-corrected chi connectivity index (χ3v) is 3.69. The van der Waals surface area contributed by atoms with Crippen molar-refractivity contribution in [1.29, 1.82) is 0 Å². The van der Waals surface area contributed by atoms with E-state index in [9.17, 15) is 9.90 Å². The molecule has 3 nitrogen and oxygen atoms in total. The second-order valence-electron chi connectivity index (χ2n) is 4.77. The fourth-order valence-electron chi connectivity index (χ4n) is 2.76. The fraction of sp³-hybridized carbons (Fsp3) is 0.267. The normalized spacial score (nSPS) is 23.3. The molecule has 0 aliphatic carbocycles. The predicted molar refractivity (Wildman–Crippen MR) is 70.7 cm³/mol. The minimum atomic E-state index is -0.759. The first-order chi connectivity index (χ1) is 8.75. The lowest BCUT2D eigenvalue weighted by Gasteiger charge is -2.16. The molecule has 18 heavy (non-hydrogen) atoms. The Kier molecular flexibility index (Phi) is 2.76. The van der Waals surface area contributed by atoms with Crippen molar-refractivity contribution >= 4 is 16.7 Å². The summed E-state index contributed by atoms with van der Waals surface area (Å²) < 4.78 is 0. The first-order valence-corrected chi connectivity index (χ1v) is 6.20. The molecule has 3 heteroatoms. The Morgan fingerprint density at radius 2 is 1.94 bits per heavy atom. The Bertz CT molecular complexity index is 594. The highest BCUT2D eigenvalue weighted by molar-refractivity contribution is 5.83. The number of hydrogen-bond acceptors (Lipinski definition) is 2. The van der Waals surface area contributed by atoms with Gasteiger partial charge in [-0.05, 0) is 29.3 Å². The van der Waals surface area contributed by atoms with E-state index in [4.69, 9.17) is 0 Å². The summed E-state index contributed by atoms with van der Waals surface area (Å²) in [6.07, 6.45) is 0.884. The van der Waals surface area contributed by atoms with Crippen LogP contribution in [-0.4, -0.2) is 23.7 Å². The van der Waals surface area contributed by atoms with Gasteiger partial charge in [-0.25, -0.2) is 0 Å². The quantitative estimate of drug-likeness (QED) is 0.848. The van der Waals surface area contributed by atoms with Crippen LogP contribution in [0.25, 0.3) is 10.8 Å². The first kappa shape index (κ1) is 11.2. The average Bonchev–Trinajstić information content (AvgIpc) is 2.87. The first-order valence-electron chi connectivity index (χ1n) is 6.20. The highest BCUT2D eigenvalue weighted by Crippen LogP contribution is 2.30. The molecule has 0 saturated carbocycles. The van der Waals surface area contributed by atoms with E-state index in [-0.39, 0.29) is 5.92 Å². The molecule has 2 aromatic rings. The third-order valence-electron chi connectivity index (χ3n) is 3.69. The molecular formula is C15H15NO2. The summed E-state index contributed by atoms with van der Waals surface area (Å²) in [5.74, 6) is -0.683. The van der Waals surface area contributed by atoms with Crippen molar-refractivity contribution in [2.45, 2.75) is 18.4 Å². The molecule has 2 atom stereocenters. The van der Waals surface area contributed by atoms with Crippen LogP contribution in [0.2, 0.25) is 0 Å². The molecule has 0 bridgehead atoms. The molecule has 1 aliphatic rings. The van der Waals surface area contributed by atoms with Gasteiger partial charge in [-0.1, -0.05) is 42.5 Å². The minimum Gasteiger partial charge on any atom is -0.480 e. The second kappa shape index (κ2) is 4.42. The van der Waals surface area contributed by atoms with Gasteiger partial charge in [0.25, 0.3) is 0 Å². The number of carboxylic acid groups (broad SMARTS) is 1. The molecule has 1 fully saturated rings. The predicted octanol–water partition coefficient (Wildman–Crippen LogP) is 2.37. The Labute approximate surface area is 105 Å². The van der Waals surface area contributed by atoms with E-state index < -0.39 is 12.0 Å². The zero-order chi connectivity index (χ0) is 12.5. The van der Waals surface area contributed by atoms with Crippen molar-refractivity contribution in [1.82, 2.24) is 5.32 Å². The van der Waals surface area contributed by atoms with Gasteiger partial charge < -0.3 is 10.4 Å². The molecule has 0 amide bonds. The lowest BCUT2D eigenvalue weighted by atomic mass is 9.90. The van der Waals surface area contributed by atoms with E-state index in [1.165, 1.54) is 10.8 Å². The maximum Gasteiger partial charge on any atom is 0.321 e. The Hall–Kier alpha value is -1.87. The van der Waals surface area contributed by atoms with Gasteiger partial charge in [-0.3, -0.25) is 4.79 Å². The van der Waals surface area contributed by atoms with E-state index in [0.29, 0.717) is 0 Å². The molecule has 1 saturated heterocycles. The molecule has 0 aromatic heterocycles.